The zero-order valence-electron chi connectivity index (χ0n) is 12.4. The number of nitrogens with zero attached hydrogens (tertiary/aromatic N) is 1. The lowest BCUT2D eigenvalue weighted by Crippen LogP contribution is -2.54. The van der Waals surface area contributed by atoms with Crippen molar-refractivity contribution in [1.82, 2.24) is 4.90 Å². The van der Waals surface area contributed by atoms with Crippen LogP contribution in [0.25, 0.3) is 0 Å². The van der Waals surface area contributed by atoms with E-state index in [0.717, 1.165) is 6.42 Å². The Morgan fingerprint density at radius 3 is 2.33 bits per heavy atom. The number of hydrogen-bond acceptors (Lipinski definition) is 3. The Morgan fingerprint density at radius 2 is 1.89 bits per heavy atom. The van der Waals surface area contributed by atoms with Crippen LogP contribution in [0.4, 0.5) is 0 Å². The van der Waals surface area contributed by atoms with E-state index in [9.17, 15) is 9.90 Å². The van der Waals surface area contributed by atoms with Gasteiger partial charge in [0.2, 0.25) is 0 Å². The van der Waals surface area contributed by atoms with E-state index in [1.54, 1.807) is 13.0 Å². The molecule has 102 valence electrons. The van der Waals surface area contributed by atoms with Crippen molar-refractivity contribution in [2.45, 2.75) is 51.7 Å². The van der Waals surface area contributed by atoms with Gasteiger partial charge < -0.3 is 5.11 Å². The molecule has 0 aromatic heterocycles. The lowest BCUT2D eigenvalue weighted by atomic mass is 9.71. The van der Waals surface area contributed by atoms with Crippen molar-refractivity contribution in [2.75, 3.05) is 14.1 Å². The van der Waals surface area contributed by atoms with Crippen LogP contribution in [0.5, 0.6) is 0 Å². The molecule has 0 aromatic carbocycles. The van der Waals surface area contributed by atoms with Crippen LogP contribution in [0.3, 0.4) is 0 Å². The lowest BCUT2D eigenvalue weighted by Gasteiger charge is -2.45. The summed E-state index contributed by atoms with van der Waals surface area (Å²) in [6.07, 6.45) is 3.33. The molecule has 1 N–H and O–H groups in total. The van der Waals surface area contributed by atoms with E-state index in [1.165, 1.54) is 5.57 Å². The molecule has 2 unspecified atom stereocenters. The van der Waals surface area contributed by atoms with Crippen LogP contribution in [-0.4, -0.2) is 41.0 Å². The molecule has 0 heterocycles. The first-order valence-electron chi connectivity index (χ1n) is 6.70. The average molecular weight is 251 g/mol. The highest BCUT2D eigenvalue weighted by Crippen LogP contribution is 2.57. The van der Waals surface area contributed by atoms with Gasteiger partial charge in [-0.25, -0.2) is 0 Å². The predicted molar refractivity (Wildman–Crippen MR) is 72.3 cm³/mol. The summed E-state index contributed by atoms with van der Waals surface area (Å²) in [7, 11) is 4.04. The minimum Gasteiger partial charge on any atom is -0.389 e. The van der Waals surface area contributed by atoms with Gasteiger partial charge in [0.25, 0.3) is 0 Å². The van der Waals surface area contributed by atoms with Crippen LogP contribution in [0.2, 0.25) is 0 Å². The number of aliphatic hydroxyl groups is 1. The largest absolute Gasteiger partial charge is 0.389 e. The van der Waals surface area contributed by atoms with Crippen molar-refractivity contribution in [1.29, 1.82) is 0 Å². The number of likely N-dealkylation sites (N-methyl/N-ethyl adjacent to an activating group) is 1. The van der Waals surface area contributed by atoms with E-state index in [2.05, 4.69) is 25.7 Å². The quantitative estimate of drug-likeness (QED) is 0.775. The molecule has 1 saturated carbocycles. The molecule has 2 rings (SSSR count). The topological polar surface area (TPSA) is 40.5 Å². The summed E-state index contributed by atoms with van der Waals surface area (Å²) in [5.41, 5.74) is -0.0496. The Balaban J connectivity index is 2.60. The van der Waals surface area contributed by atoms with Gasteiger partial charge in [0.1, 0.15) is 0 Å². The third-order valence-electron chi connectivity index (χ3n) is 4.76. The van der Waals surface area contributed by atoms with Crippen molar-refractivity contribution in [2.24, 2.45) is 11.3 Å². The molecule has 2 aliphatic rings. The maximum Gasteiger partial charge on any atom is 0.163 e. The van der Waals surface area contributed by atoms with Crippen molar-refractivity contribution < 1.29 is 9.90 Å². The summed E-state index contributed by atoms with van der Waals surface area (Å²) in [6, 6.07) is 0. The Morgan fingerprint density at radius 1 is 1.33 bits per heavy atom. The highest BCUT2D eigenvalue weighted by molar-refractivity contribution is 5.99. The Kier molecular flexibility index (Phi) is 2.81. The smallest absolute Gasteiger partial charge is 0.163 e. The van der Waals surface area contributed by atoms with Crippen LogP contribution in [0, 0.1) is 11.3 Å². The highest BCUT2D eigenvalue weighted by Gasteiger charge is 2.64. The molecule has 18 heavy (non-hydrogen) atoms. The van der Waals surface area contributed by atoms with Gasteiger partial charge in [0, 0.05) is 0 Å². The van der Waals surface area contributed by atoms with Gasteiger partial charge in [-0.15, -0.1) is 0 Å². The zero-order valence-corrected chi connectivity index (χ0v) is 12.4. The number of ketones is 1. The van der Waals surface area contributed by atoms with Crippen molar-refractivity contribution in [3.8, 4) is 0 Å². The molecule has 0 amide bonds. The fourth-order valence-electron chi connectivity index (χ4n) is 4.02. The van der Waals surface area contributed by atoms with Crippen LogP contribution in [0.15, 0.2) is 11.6 Å². The summed E-state index contributed by atoms with van der Waals surface area (Å²) in [5.74, 6) is -0.217. The third kappa shape index (κ3) is 1.60. The fourth-order valence-corrected chi connectivity index (χ4v) is 4.02. The number of carbonyl (C=O) groups excluding carboxylic acids is 1. The summed E-state index contributed by atoms with van der Waals surface area (Å²) in [5, 5.41) is 10.6. The molecule has 3 nitrogen and oxygen atoms in total. The van der Waals surface area contributed by atoms with E-state index in [1.807, 2.05) is 14.1 Å². The second-order valence-corrected chi connectivity index (χ2v) is 7.32. The SMILES string of the molecule is CN(C)[C@@]12CCC(C)(O)C1C(=O)C=C2C(C)(C)C. The second kappa shape index (κ2) is 3.67. The first-order chi connectivity index (χ1) is 8.03. The van der Waals surface area contributed by atoms with E-state index in [4.69, 9.17) is 0 Å². The zero-order chi connectivity index (χ0) is 13.9. The maximum atomic E-state index is 12.4. The van der Waals surface area contributed by atoms with Gasteiger partial charge in [-0.1, -0.05) is 20.8 Å². The van der Waals surface area contributed by atoms with Crippen molar-refractivity contribution in [3.05, 3.63) is 11.6 Å². The summed E-state index contributed by atoms with van der Waals surface area (Å²) in [6.45, 7) is 8.24. The van der Waals surface area contributed by atoms with Crippen LogP contribution in [0.1, 0.15) is 40.5 Å². The number of hydrogen-bond donors (Lipinski definition) is 1. The second-order valence-electron chi connectivity index (χ2n) is 7.32. The molecule has 0 aliphatic heterocycles. The van der Waals surface area contributed by atoms with Gasteiger partial charge in [-0.3, -0.25) is 9.69 Å². The van der Waals surface area contributed by atoms with Crippen LogP contribution < -0.4 is 0 Å². The number of rotatable bonds is 1. The molecule has 0 saturated heterocycles. The Labute approximate surface area is 110 Å². The minimum absolute atomic E-state index is 0.0465. The van der Waals surface area contributed by atoms with E-state index < -0.39 is 5.60 Å². The number of allylic oxidation sites excluding steroid dienone is 1. The van der Waals surface area contributed by atoms with Gasteiger partial charge >= 0.3 is 0 Å². The van der Waals surface area contributed by atoms with Gasteiger partial charge in [0.05, 0.1) is 17.1 Å². The molecule has 0 bridgehead atoms. The average Bonchev–Trinajstić information content (AvgIpc) is 2.63. The molecule has 2 aliphatic carbocycles. The molecule has 3 atom stereocenters. The molecule has 1 fully saturated rings. The molecule has 0 aromatic rings. The van der Waals surface area contributed by atoms with E-state index >= 15 is 0 Å². The summed E-state index contributed by atoms with van der Waals surface area (Å²) in [4.78, 5) is 14.5. The first-order valence-corrected chi connectivity index (χ1v) is 6.70. The Hall–Kier alpha value is -0.670. The number of carbonyl (C=O) groups is 1. The third-order valence-corrected chi connectivity index (χ3v) is 4.76. The fraction of sp³-hybridized carbons (Fsp3) is 0.800. The van der Waals surface area contributed by atoms with E-state index in [0.29, 0.717) is 6.42 Å². The number of fused-ring (bicyclic) bond motifs is 1. The van der Waals surface area contributed by atoms with Crippen molar-refractivity contribution in [3.63, 3.8) is 0 Å². The molecular weight excluding hydrogens is 226 g/mol. The summed E-state index contributed by atoms with van der Waals surface area (Å²) < 4.78 is 0. The first kappa shape index (κ1) is 13.8. The van der Waals surface area contributed by atoms with Gasteiger partial charge in [0.15, 0.2) is 5.78 Å². The van der Waals surface area contributed by atoms with Crippen LogP contribution >= 0.6 is 0 Å². The van der Waals surface area contributed by atoms with Gasteiger partial charge in [-0.2, -0.15) is 0 Å². The standard InChI is InChI=1S/C15H25NO2/c1-13(2,3)11-9-10(17)12-14(4,18)7-8-15(11,12)16(5)6/h9,12,18H,7-8H2,1-6H3/t12?,14?,15-/m1/s1. The minimum atomic E-state index is -0.884. The molecule has 0 spiro atoms. The monoisotopic (exact) mass is 251 g/mol. The molecule has 0 radical (unpaired) electrons. The van der Waals surface area contributed by atoms with Crippen molar-refractivity contribution >= 4 is 5.78 Å². The van der Waals surface area contributed by atoms with Crippen LogP contribution in [-0.2, 0) is 4.79 Å². The Bertz CT molecular complexity index is 415. The van der Waals surface area contributed by atoms with E-state index in [-0.39, 0.29) is 22.7 Å². The molecule has 3 heteroatoms. The molecular formula is C15H25NO2. The lowest BCUT2D eigenvalue weighted by molar-refractivity contribution is -0.127. The highest BCUT2D eigenvalue weighted by atomic mass is 16.3. The predicted octanol–water partition coefficient (Wildman–Crippen LogP) is 2.00. The maximum absolute atomic E-state index is 12.4. The summed E-state index contributed by atoms with van der Waals surface area (Å²) >= 11 is 0. The normalized spacial score (nSPS) is 40.3. The van der Waals surface area contributed by atoms with Gasteiger partial charge in [-0.05, 0) is 50.9 Å².